The van der Waals surface area contributed by atoms with E-state index in [1.54, 1.807) is 26.1 Å². The van der Waals surface area contributed by atoms with Gasteiger partial charge >= 0.3 is 0 Å². The summed E-state index contributed by atoms with van der Waals surface area (Å²) in [5, 5.41) is 2.76. The number of oxazole rings is 1. The molecule has 3 aromatic rings. The number of anilines is 1. The predicted molar refractivity (Wildman–Crippen MR) is 103 cm³/mol. The summed E-state index contributed by atoms with van der Waals surface area (Å²) in [6.07, 6.45) is 0.0806. The molecule has 0 saturated heterocycles. The number of aromatic nitrogens is 1. The molecule has 0 atom stereocenters. The number of aryl methyl sites for hydroxylation is 1. The first-order valence-corrected chi connectivity index (χ1v) is 8.63. The van der Waals surface area contributed by atoms with Crippen LogP contribution in [0.2, 0.25) is 0 Å². The number of carbonyl (C=O) groups is 2. The monoisotopic (exact) mass is 363 g/mol. The largest absolute Gasteiger partial charge is 0.441 e. The zero-order chi connectivity index (χ0) is 19.2. The molecule has 0 aliphatic heterocycles. The van der Waals surface area contributed by atoms with E-state index >= 15 is 0 Å². The highest BCUT2D eigenvalue weighted by Gasteiger charge is 2.18. The molecule has 0 radical (unpaired) electrons. The molecular weight excluding hydrogens is 342 g/mol. The molecule has 0 spiro atoms. The van der Waals surface area contributed by atoms with Crippen LogP contribution >= 0.6 is 0 Å². The number of para-hydroxylation sites is 1. The Bertz CT molecular complexity index is 920. The molecule has 0 bridgehead atoms. The van der Waals surface area contributed by atoms with Crippen LogP contribution in [0.1, 0.15) is 11.5 Å². The molecule has 138 valence electrons. The summed E-state index contributed by atoms with van der Waals surface area (Å²) in [4.78, 5) is 30.4. The van der Waals surface area contributed by atoms with Gasteiger partial charge in [-0.3, -0.25) is 9.59 Å². The van der Waals surface area contributed by atoms with E-state index in [2.05, 4.69) is 10.3 Å². The van der Waals surface area contributed by atoms with Gasteiger partial charge in [0, 0.05) is 18.3 Å². The maximum atomic E-state index is 12.5. The fourth-order valence-electron chi connectivity index (χ4n) is 2.60. The molecule has 2 aromatic carbocycles. The van der Waals surface area contributed by atoms with Crippen molar-refractivity contribution < 1.29 is 14.0 Å². The minimum absolute atomic E-state index is 0.0316. The van der Waals surface area contributed by atoms with Crippen molar-refractivity contribution in [3.05, 3.63) is 72.1 Å². The van der Waals surface area contributed by atoms with Crippen LogP contribution in [0.5, 0.6) is 0 Å². The Hall–Kier alpha value is -3.41. The van der Waals surface area contributed by atoms with E-state index in [4.69, 9.17) is 4.42 Å². The van der Waals surface area contributed by atoms with Gasteiger partial charge in [0.2, 0.25) is 17.7 Å². The lowest BCUT2D eigenvalue weighted by molar-refractivity contribution is -0.132. The summed E-state index contributed by atoms with van der Waals surface area (Å²) < 4.78 is 5.68. The maximum Gasteiger partial charge on any atom is 0.243 e. The summed E-state index contributed by atoms with van der Waals surface area (Å²) in [5.41, 5.74) is 2.13. The summed E-state index contributed by atoms with van der Waals surface area (Å²) in [5.74, 6) is 0.637. The first-order chi connectivity index (χ1) is 13.0. The van der Waals surface area contributed by atoms with Crippen LogP contribution in [0.15, 0.2) is 65.1 Å². The van der Waals surface area contributed by atoms with Crippen LogP contribution in [0, 0.1) is 6.92 Å². The van der Waals surface area contributed by atoms with Crippen LogP contribution in [0.25, 0.3) is 11.5 Å². The lowest BCUT2D eigenvalue weighted by Crippen LogP contribution is -2.36. The Morgan fingerprint density at radius 3 is 2.33 bits per heavy atom. The highest BCUT2D eigenvalue weighted by Crippen LogP contribution is 2.21. The van der Waals surface area contributed by atoms with Gasteiger partial charge in [0.15, 0.2) is 0 Å². The van der Waals surface area contributed by atoms with Crippen LogP contribution in [0.4, 0.5) is 5.69 Å². The Labute approximate surface area is 157 Å². The SMILES string of the molecule is Cc1oc(-c2ccccc2)nc1CC(=O)N(C)CC(=O)Nc1ccccc1. The van der Waals surface area contributed by atoms with Crippen LogP contribution < -0.4 is 5.32 Å². The van der Waals surface area contributed by atoms with Gasteiger partial charge in [0.25, 0.3) is 0 Å². The molecule has 0 aliphatic rings. The number of amides is 2. The van der Waals surface area contributed by atoms with E-state index in [1.807, 2.05) is 48.5 Å². The Kier molecular flexibility index (Phi) is 5.66. The summed E-state index contributed by atoms with van der Waals surface area (Å²) in [7, 11) is 1.60. The number of hydrogen-bond acceptors (Lipinski definition) is 4. The molecule has 1 aromatic heterocycles. The molecule has 3 rings (SSSR count). The van der Waals surface area contributed by atoms with Gasteiger partial charge in [-0.1, -0.05) is 36.4 Å². The lowest BCUT2D eigenvalue weighted by Gasteiger charge is -2.16. The molecule has 2 amide bonds. The third kappa shape index (κ3) is 4.82. The second kappa shape index (κ2) is 8.31. The minimum Gasteiger partial charge on any atom is -0.441 e. The van der Waals surface area contributed by atoms with E-state index < -0.39 is 0 Å². The number of hydrogen-bond donors (Lipinski definition) is 1. The number of nitrogens with one attached hydrogen (secondary N) is 1. The summed E-state index contributed by atoms with van der Waals surface area (Å²) in [6.45, 7) is 1.75. The van der Waals surface area contributed by atoms with E-state index in [0.717, 1.165) is 5.56 Å². The standard InChI is InChI=1S/C21H21N3O3/c1-15-18(23-21(27-15)16-9-5-3-6-10-16)13-20(26)24(2)14-19(25)22-17-11-7-4-8-12-17/h3-12H,13-14H2,1-2H3,(H,22,25). The van der Waals surface area contributed by atoms with Crippen molar-refractivity contribution in [2.24, 2.45) is 0 Å². The van der Waals surface area contributed by atoms with Crippen LogP contribution in [-0.2, 0) is 16.0 Å². The van der Waals surface area contributed by atoms with Crippen molar-refractivity contribution >= 4 is 17.5 Å². The number of benzene rings is 2. The van der Waals surface area contributed by atoms with E-state index in [1.165, 1.54) is 4.90 Å². The Balaban J connectivity index is 1.60. The lowest BCUT2D eigenvalue weighted by atomic mass is 10.2. The normalized spacial score (nSPS) is 10.4. The number of likely N-dealkylation sites (N-methyl/N-ethyl adjacent to an activating group) is 1. The van der Waals surface area contributed by atoms with Crippen LogP contribution in [0.3, 0.4) is 0 Å². The van der Waals surface area contributed by atoms with Gasteiger partial charge in [0.05, 0.1) is 18.7 Å². The van der Waals surface area contributed by atoms with E-state index in [0.29, 0.717) is 23.0 Å². The molecule has 6 nitrogen and oxygen atoms in total. The molecule has 1 N–H and O–H groups in total. The molecule has 27 heavy (non-hydrogen) atoms. The second-order valence-corrected chi connectivity index (χ2v) is 6.23. The molecule has 0 fully saturated rings. The first kappa shape index (κ1) is 18.4. The van der Waals surface area contributed by atoms with Crippen molar-refractivity contribution in [2.45, 2.75) is 13.3 Å². The number of carbonyl (C=O) groups excluding carboxylic acids is 2. The maximum absolute atomic E-state index is 12.5. The van der Waals surface area contributed by atoms with Crippen molar-refractivity contribution in [3.8, 4) is 11.5 Å². The van der Waals surface area contributed by atoms with Gasteiger partial charge in [-0.15, -0.1) is 0 Å². The smallest absolute Gasteiger partial charge is 0.243 e. The van der Waals surface area contributed by atoms with Crippen molar-refractivity contribution in [1.82, 2.24) is 9.88 Å². The van der Waals surface area contributed by atoms with Crippen molar-refractivity contribution in [2.75, 3.05) is 18.9 Å². The van der Waals surface area contributed by atoms with Gasteiger partial charge in [-0.2, -0.15) is 0 Å². The highest BCUT2D eigenvalue weighted by atomic mass is 16.4. The third-order valence-corrected chi connectivity index (χ3v) is 4.10. The molecule has 1 heterocycles. The summed E-state index contributed by atoms with van der Waals surface area (Å²) >= 11 is 0. The van der Waals surface area contributed by atoms with Crippen molar-refractivity contribution in [3.63, 3.8) is 0 Å². The Morgan fingerprint density at radius 2 is 1.67 bits per heavy atom. The molecule has 6 heteroatoms. The number of nitrogens with zero attached hydrogens (tertiary/aromatic N) is 2. The van der Waals surface area contributed by atoms with E-state index in [9.17, 15) is 9.59 Å². The fraction of sp³-hybridized carbons (Fsp3) is 0.190. The predicted octanol–water partition coefficient (Wildman–Crippen LogP) is 3.29. The molecular formula is C21H21N3O3. The quantitative estimate of drug-likeness (QED) is 0.729. The summed E-state index contributed by atoms with van der Waals surface area (Å²) in [6, 6.07) is 18.7. The topological polar surface area (TPSA) is 75.4 Å². The minimum atomic E-state index is -0.251. The van der Waals surface area contributed by atoms with Gasteiger partial charge in [-0.25, -0.2) is 4.98 Å². The molecule has 0 aliphatic carbocycles. The second-order valence-electron chi connectivity index (χ2n) is 6.23. The van der Waals surface area contributed by atoms with E-state index in [-0.39, 0.29) is 24.8 Å². The van der Waals surface area contributed by atoms with Crippen molar-refractivity contribution in [1.29, 1.82) is 0 Å². The Morgan fingerprint density at radius 1 is 1.04 bits per heavy atom. The first-order valence-electron chi connectivity index (χ1n) is 8.63. The fourth-order valence-corrected chi connectivity index (χ4v) is 2.60. The number of rotatable bonds is 6. The highest BCUT2D eigenvalue weighted by molar-refractivity contribution is 5.94. The third-order valence-electron chi connectivity index (χ3n) is 4.10. The van der Waals surface area contributed by atoms with Gasteiger partial charge < -0.3 is 14.6 Å². The zero-order valence-corrected chi connectivity index (χ0v) is 15.3. The van der Waals surface area contributed by atoms with Gasteiger partial charge in [0.1, 0.15) is 5.76 Å². The molecule has 0 saturated carbocycles. The zero-order valence-electron chi connectivity index (χ0n) is 15.3. The average molecular weight is 363 g/mol. The average Bonchev–Trinajstić information content (AvgIpc) is 3.03. The van der Waals surface area contributed by atoms with Crippen LogP contribution in [-0.4, -0.2) is 35.3 Å². The van der Waals surface area contributed by atoms with Gasteiger partial charge in [-0.05, 0) is 31.2 Å². The molecule has 0 unspecified atom stereocenters.